The Bertz CT molecular complexity index is 433. The fourth-order valence-electron chi connectivity index (χ4n) is 2.92. The summed E-state index contributed by atoms with van der Waals surface area (Å²) in [7, 11) is 1.87. The predicted molar refractivity (Wildman–Crippen MR) is 78.9 cm³/mol. The van der Waals surface area contributed by atoms with Crippen molar-refractivity contribution in [3.63, 3.8) is 0 Å². The second kappa shape index (κ2) is 5.74. The van der Waals surface area contributed by atoms with E-state index in [2.05, 4.69) is 6.92 Å². The predicted octanol–water partition coefficient (Wildman–Crippen LogP) is 3.08. The Labute approximate surface area is 115 Å². The van der Waals surface area contributed by atoms with Gasteiger partial charge in [-0.05, 0) is 30.5 Å². The first kappa shape index (κ1) is 14.1. The Hall–Kier alpha value is -1.35. The molecule has 0 spiro atoms. The molecule has 1 fully saturated rings. The molecule has 0 saturated heterocycles. The number of rotatable bonds is 3. The number of carbonyl (C=O) groups is 1. The highest BCUT2D eigenvalue weighted by Crippen LogP contribution is 2.38. The van der Waals surface area contributed by atoms with Gasteiger partial charge in [0.25, 0.3) is 0 Å². The minimum Gasteiger partial charge on any atom is -0.326 e. The maximum absolute atomic E-state index is 12.7. The molecule has 1 aliphatic rings. The number of amides is 1. The molecule has 0 heterocycles. The number of hydrogen-bond acceptors (Lipinski definition) is 2. The second-order valence-corrected chi connectivity index (χ2v) is 5.86. The highest BCUT2D eigenvalue weighted by Gasteiger charge is 2.36. The van der Waals surface area contributed by atoms with E-state index in [1.807, 2.05) is 31.3 Å². The highest BCUT2D eigenvalue weighted by atomic mass is 16.2. The minimum absolute atomic E-state index is 0.181. The first-order valence-electron chi connectivity index (χ1n) is 7.14. The van der Waals surface area contributed by atoms with Gasteiger partial charge in [0.2, 0.25) is 5.91 Å². The van der Waals surface area contributed by atoms with Crippen LogP contribution in [0.25, 0.3) is 0 Å². The summed E-state index contributed by atoms with van der Waals surface area (Å²) in [4.78, 5) is 14.5. The van der Waals surface area contributed by atoms with E-state index in [4.69, 9.17) is 5.73 Å². The summed E-state index contributed by atoms with van der Waals surface area (Å²) in [5.74, 6) is 0.243. The topological polar surface area (TPSA) is 46.3 Å². The molecule has 2 N–H and O–H groups in total. The molecule has 1 aromatic rings. The standard InChI is InChI=1S/C16H24N2O/c1-16(10-4-3-5-11-16)15(19)18(2)14-8-6-13(12-17)7-9-14/h6-9H,3-5,10-12,17H2,1-2H3. The quantitative estimate of drug-likeness (QED) is 0.907. The summed E-state index contributed by atoms with van der Waals surface area (Å²) in [6, 6.07) is 7.93. The van der Waals surface area contributed by atoms with Gasteiger partial charge >= 0.3 is 0 Å². The Balaban J connectivity index is 2.13. The van der Waals surface area contributed by atoms with Crippen LogP contribution in [0.2, 0.25) is 0 Å². The first-order valence-corrected chi connectivity index (χ1v) is 7.14. The van der Waals surface area contributed by atoms with E-state index in [1.54, 1.807) is 4.90 Å². The van der Waals surface area contributed by atoms with Crippen LogP contribution in [0.1, 0.15) is 44.6 Å². The van der Waals surface area contributed by atoms with Crippen LogP contribution in [0.5, 0.6) is 0 Å². The first-order chi connectivity index (χ1) is 9.07. The molecule has 1 aliphatic carbocycles. The minimum atomic E-state index is -0.181. The zero-order chi connectivity index (χ0) is 13.9. The van der Waals surface area contributed by atoms with Crippen molar-refractivity contribution >= 4 is 11.6 Å². The van der Waals surface area contributed by atoms with Crippen LogP contribution >= 0.6 is 0 Å². The van der Waals surface area contributed by atoms with Crippen LogP contribution < -0.4 is 10.6 Å². The third-order valence-electron chi connectivity index (χ3n) is 4.34. The average Bonchev–Trinajstić information content (AvgIpc) is 2.46. The molecule has 0 unspecified atom stereocenters. The van der Waals surface area contributed by atoms with Gasteiger partial charge in [-0.3, -0.25) is 4.79 Å². The second-order valence-electron chi connectivity index (χ2n) is 5.86. The van der Waals surface area contributed by atoms with E-state index in [9.17, 15) is 4.79 Å². The van der Waals surface area contributed by atoms with Crippen molar-refractivity contribution in [1.82, 2.24) is 0 Å². The summed E-state index contributed by atoms with van der Waals surface area (Å²) in [5, 5.41) is 0. The zero-order valence-corrected chi connectivity index (χ0v) is 12.0. The monoisotopic (exact) mass is 260 g/mol. The molecular formula is C16H24N2O. The molecule has 3 heteroatoms. The number of nitrogens with zero attached hydrogens (tertiary/aromatic N) is 1. The fraction of sp³-hybridized carbons (Fsp3) is 0.562. The van der Waals surface area contributed by atoms with Gasteiger partial charge in [0.05, 0.1) is 0 Å². The van der Waals surface area contributed by atoms with Gasteiger partial charge in [0, 0.05) is 24.7 Å². The highest BCUT2D eigenvalue weighted by molar-refractivity contribution is 5.96. The molecule has 1 aromatic carbocycles. The molecule has 0 aromatic heterocycles. The van der Waals surface area contributed by atoms with Crippen molar-refractivity contribution in [3.8, 4) is 0 Å². The zero-order valence-electron chi connectivity index (χ0n) is 12.0. The summed E-state index contributed by atoms with van der Waals surface area (Å²) >= 11 is 0. The lowest BCUT2D eigenvalue weighted by atomic mass is 9.74. The maximum Gasteiger partial charge on any atom is 0.232 e. The summed E-state index contributed by atoms with van der Waals surface area (Å²) < 4.78 is 0. The molecule has 0 aliphatic heterocycles. The third-order valence-corrected chi connectivity index (χ3v) is 4.34. The van der Waals surface area contributed by atoms with E-state index in [1.165, 1.54) is 19.3 Å². The van der Waals surface area contributed by atoms with E-state index >= 15 is 0 Å². The number of anilines is 1. The normalized spacial score (nSPS) is 18.1. The molecule has 3 nitrogen and oxygen atoms in total. The van der Waals surface area contributed by atoms with Gasteiger partial charge in [-0.15, -0.1) is 0 Å². The molecule has 104 valence electrons. The van der Waals surface area contributed by atoms with Crippen LogP contribution in [0, 0.1) is 5.41 Å². The largest absolute Gasteiger partial charge is 0.326 e. The third kappa shape index (κ3) is 2.98. The molecule has 2 rings (SSSR count). The number of hydrogen-bond donors (Lipinski definition) is 1. The van der Waals surface area contributed by atoms with Crippen LogP contribution in [0.15, 0.2) is 24.3 Å². The molecule has 0 atom stereocenters. The van der Waals surface area contributed by atoms with Crippen molar-refractivity contribution in [1.29, 1.82) is 0 Å². The number of carbonyl (C=O) groups excluding carboxylic acids is 1. The lowest BCUT2D eigenvalue weighted by Gasteiger charge is -2.35. The number of nitrogens with two attached hydrogens (primary N) is 1. The van der Waals surface area contributed by atoms with Crippen LogP contribution in [-0.4, -0.2) is 13.0 Å². The van der Waals surface area contributed by atoms with Gasteiger partial charge in [-0.25, -0.2) is 0 Å². The van der Waals surface area contributed by atoms with E-state index in [0.717, 1.165) is 24.1 Å². The Kier molecular flexibility index (Phi) is 4.25. The summed E-state index contributed by atoms with van der Waals surface area (Å²) in [6.07, 6.45) is 5.62. The molecule has 19 heavy (non-hydrogen) atoms. The Morgan fingerprint density at radius 2 is 1.79 bits per heavy atom. The van der Waals surface area contributed by atoms with Gasteiger partial charge in [-0.2, -0.15) is 0 Å². The molecular weight excluding hydrogens is 236 g/mol. The van der Waals surface area contributed by atoms with Crippen molar-refractivity contribution in [2.45, 2.75) is 45.6 Å². The fourth-order valence-corrected chi connectivity index (χ4v) is 2.92. The molecule has 0 radical (unpaired) electrons. The maximum atomic E-state index is 12.7. The molecule has 0 bridgehead atoms. The Morgan fingerprint density at radius 3 is 2.32 bits per heavy atom. The molecule has 1 amide bonds. The van der Waals surface area contributed by atoms with Crippen molar-refractivity contribution in [2.24, 2.45) is 11.1 Å². The number of benzene rings is 1. The van der Waals surface area contributed by atoms with Crippen molar-refractivity contribution in [3.05, 3.63) is 29.8 Å². The van der Waals surface area contributed by atoms with E-state index in [-0.39, 0.29) is 11.3 Å². The van der Waals surface area contributed by atoms with Crippen molar-refractivity contribution in [2.75, 3.05) is 11.9 Å². The Morgan fingerprint density at radius 1 is 1.21 bits per heavy atom. The van der Waals surface area contributed by atoms with Crippen LogP contribution in [0.4, 0.5) is 5.69 Å². The van der Waals surface area contributed by atoms with Gasteiger partial charge in [0.15, 0.2) is 0 Å². The van der Waals surface area contributed by atoms with E-state index < -0.39 is 0 Å². The SMILES string of the molecule is CN(C(=O)C1(C)CCCCC1)c1ccc(CN)cc1. The van der Waals surface area contributed by atoms with E-state index in [0.29, 0.717) is 6.54 Å². The van der Waals surface area contributed by atoms with Gasteiger partial charge < -0.3 is 10.6 Å². The summed E-state index contributed by atoms with van der Waals surface area (Å²) in [5.41, 5.74) is 7.46. The smallest absolute Gasteiger partial charge is 0.232 e. The molecule has 1 saturated carbocycles. The lowest BCUT2D eigenvalue weighted by molar-refractivity contribution is -0.128. The lowest BCUT2D eigenvalue weighted by Crippen LogP contribution is -2.41. The van der Waals surface area contributed by atoms with Crippen LogP contribution in [-0.2, 0) is 11.3 Å². The van der Waals surface area contributed by atoms with Gasteiger partial charge in [-0.1, -0.05) is 38.3 Å². The van der Waals surface area contributed by atoms with Crippen LogP contribution in [0.3, 0.4) is 0 Å². The van der Waals surface area contributed by atoms with Crippen molar-refractivity contribution < 1.29 is 4.79 Å². The summed E-state index contributed by atoms with van der Waals surface area (Å²) in [6.45, 7) is 2.65. The van der Waals surface area contributed by atoms with Gasteiger partial charge in [0.1, 0.15) is 0 Å². The average molecular weight is 260 g/mol.